The highest BCUT2D eigenvalue weighted by atomic mass is 16.5. The van der Waals surface area contributed by atoms with Gasteiger partial charge < -0.3 is 5.11 Å². The van der Waals surface area contributed by atoms with Crippen LogP contribution in [0.15, 0.2) is 0 Å². The van der Waals surface area contributed by atoms with Crippen LogP contribution in [0.4, 0.5) is 0 Å². The third-order valence-corrected chi connectivity index (χ3v) is 5.12. The van der Waals surface area contributed by atoms with Crippen LogP contribution < -0.4 is 0 Å². The maximum atomic E-state index is 12.4. The van der Waals surface area contributed by atoms with Gasteiger partial charge in [-0.15, -0.1) is 10.3 Å². The first-order valence-electron chi connectivity index (χ1n) is 9.33. The second-order valence-corrected chi connectivity index (χ2v) is 8.72. The van der Waals surface area contributed by atoms with Crippen molar-refractivity contribution in [3.05, 3.63) is 0 Å². The van der Waals surface area contributed by atoms with Crippen molar-refractivity contribution < 1.29 is 10.3 Å². The number of rotatable bonds is 9. The summed E-state index contributed by atoms with van der Waals surface area (Å²) >= 11 is 0. The molecule has 0 aromatic rings. The van der Waals surface area contributed by atoms with Gasteiger partial charge in [0.1, 0.15) is 0 Å². The van der Waals surface area contributed by atoms with E-state index in [0.29, 0.717) is 12.8 Å². The van der Waals surface area contributed by atoms with E-state index >= 15 is 0 Å². The lowest BCUT2D eigenvalue weighted by Crippen LogP contribution is -2.63. The minimum absolute atomic E-state index is 0.476. The maximum Gasteiger partial charge on any atom is 0.0684 e. The Labute approximate surface area is 138 Å². The molecule has 3 nitrogen and oxygen atoms in total. The van der Waals surface area contributed by atoms with E-state index in [9.17, 15) is 10.3 Å². The Morgan fingerprint density at radius 1 is 0.818 bits per heavy atom. The number of hydrogen-bond donors (Lipinski definition) is 1. The zero-order valence-electron chi connectivity index (χ0n) is 15.6. The molecule has 1 aliphatic heterocycles. The molecule has 131 valence electrons. The van der Waals surface area contributed by atoms with Crippen LogP contribution >= 0.6 is 0 Å². The Balaban J connectivity index is 2.32. The van der Waals surface area contributed by atoms with Crippen LogP contribution in [-0.4, -0.2) is 26.8 Å². The molecule has 1 aliphatic rings. The number of hydroxylamine groups is 2. The monoisotopic (exact) mass is 312 g/mol. The number of hydrogen-bond acceptors (Lipinski definition) is 2. The molecular formula is C19H38NO2. The molecule has 1 heterocycles. The van der Waals surface area contributed by atoms with Gasteiger partial charge in [-0.2, -0.15) is 0 Å². The number of aliphatic hydroxyl groups is 1. The highest BCUT2D eigenvalue weighted by Crippen LogP contribution is 2.44. The van der Waals surface area contributed by atoms with E-state index in [1.807, 2.05) is 27.7 Å². The Morgan fingerprint density at radius 3 is 1.68 bits per heavy atom. The van der Waals surface area contributed by atoms with Crippen LogP contribution in [0.1, 0.15) is 105 Å². The average molecular weight is 313 g/mol. The fourth-order valence-electron chi connectivity index (χ4n) is 4.40. The van der Waals surface area contributed by atoms with Crippen LogP contribution in [0.5, 0.6) is 0 Å². The normalized spacial score (nSPS) is 23.6. The van der Waals surface area contributed by atoms with Gasteiger partial charge in [-0.3, -0.25) is 0 Å². The minimum atomic E-state index is -0.671. The molecule has 3 heteroatoms. The summed E-state index contributed by atoms with van der Waals surface area (Å²) in [5, 5.41) is 24.5. The van der Waals surface area contributed by atoms with Crippen molar-refractivity contribution >= 4 is 0 Å². The van der Waals surface area contributed by atoms with E-state index in [1.54, 1.807) is 0 Å². The van der Waals surface area contributed by atoms with Crippen molar-refractivity contribution in [3.8, 4) is 0 Å². The molecule has 0 aliphatic carbocycles. The van der Waals surface area contributed by atoms with Crippen LogP contribution in [0.3, 0.4) is 0 Å². The van der Waals surface area contributed by atoms with Gasteiger partial charge in [0.2, 0.25) is 0 Å². The predicted molar refractivity (Wildman–Crippen MR) is 92.1 cm³/mol. The lowest BCUT2D eigenvalue weighted by atomic mass is 9.70. The van der Waals surface area contributed by atoms with E-state index in [-0.39, 0.29) is 0 Å². The molecule has 22 heavy (non-hydrogen) atoms. The van der Waals surface area contributed by atoms with E-state index in [4.69, 9.17) is 0 Å². The Bertz CT molecular complexity index is 307. The van der Waals surface area contributed by atoms with Gasteiger partial charge >= 0.3 is 0 Å². The van der Waals surface area contributed by atoms with E-state index < -0.39 is 16.7 Å². The third kappa shape index (κ3) is 5.82. The van der Waals surface area contributed by atoms with Crippen molar-refractivity contribution in [2.45, 2.75) is 122 Å². The van der Waals surface area contributed by atoms with Crippen molar-refractivity contribution in [2.24, 2.45) is 0 Å². The van der Waals surface area contributed by atoms with Crippen molar-refractivity contribution in [3.63, 3.8) is 0 Å². The number of piperidine rings is 1. The van der Waals surface area contributed by atoms with Gasteiger partial charge in [-0.25, -0.2) is 0 Å². The lowest BCUT2D eigenvalue weighted by molar-refractivity contribution is -0.312. The Hall–Kier alpha value is -0.120. The predicted octanol–water partition coefficient (Wildman–Crippen LogP) is 5.25. The summed E-state index contributed by atoms with van der Waals surface area (Å²) in [4.78, 5) is 0. The maximum absolute atomic E-state index is 12.4. The molecule has 1 rings (SSSR count). The standard InChI is InChI=1S/C19H38NO2/c1-6-7-8-9-10-11-12-13-14-19(21)15-17(2,3)20(22)18(4,5)16-19/h21H,6-16H2,1-5H3. The molecule has 1 saturated heterocycles. The highest BCUT2D eigenvalue weighted by Gasteiger charge is 2.51. The van der Waals surface area contributed by atoms with Gasteiger partial charge in [0.15, 0.2) is 0 Å². The summed E-state index contributed by atoms with van der Waals surface area (Å²) in [6, 6.07) is 0. The zero-order chi connectivity index (χ0) is 16.9. The average Bonchev–Trinajstić information content (AvgIpc) is 2.38. The van der Waals surface area contributed by atoms with Crippen LogP contribution in [-0.2, 0) is 5.21 Å². The summed E-state index contributed by atoms with van der Waals surface area (Å²) in [6.45, 7) is 10.1. The second kappa shape index (κ2) is 8.12. The van der Waals surface area contributed by atoms with Gasteiger partial charge in [0.25, 0.3) is 0 Å². The minimum Gasteiger partial charge on any atom is -0.390 e. The topological polar surface area (TPSA) is 43.4 Å². The third-order valence-electron chi connectivity index (χ3n) is 5.12. The fraction of sp³-hybridized carbons (Fsp3) is 1.00. The molecule has 0 bridgehead atoms. The van der Waals surface area contributed by atoms with E-state index in [2.05, 4.69) is 6.92 Å². The molecule has 0 atom stereocenters. The first kappa shape index (κ1) is 19.9. The van der Waals surface area contributed by atoms with Gasteiger partial charge in [-0.05, 0) is 47.0 Å². The summed E-state index contributed by atoms with van der Waals surface area (Å²) in [5.74, 6) is 0. The molecule has 0 unspecified atom stereocenters. The van der Waals surface area contributed by atoms with E-state index in [0.717, 1.165) is 12.8 Å². The zero-order valence-corrected chi connectivity index (χ0v) is 15.6. The van der Waals surface area contributed by atoms with Gasteiger partial charge in [-0.1, -0.05) is 58.3 Å². The number of nitrogens with zero attached hydrogens (tertiary/aromatic N) is 1. The van der Waals surface area contributed by atoms with Crippen LogP contribution in [0.2, 0.25) is 0 Å². The van der Waals surface area contributed by atoms with Crippen molar-refractivity contribution in [1.82, 2.24) is 5.06 Å². The summed E-state index contributed by atoms with van der Waals surface area (Å²) in [7, 11) is 0. The van der Waals surface area contributed by atoms with Gasteiger partial charge in [0, 0.05) is 11.1 Å². The molecule has 1 fully saturated rings. The Morgan fingerprint density at radius 2 is 1.23 bits per heavy atom. The molecule has 0 aromatic carbocycles. The van der Waals surface area contributed by atoms with Crippen molar-refractivity contribution in [2.75, 3.05) is 0 Å². The summed E-state index contributed by atoms with van der Waals surface area (Å²) < 4.78 is 0. The van der Waals surface area contributed by atoms with Crippen LogP contribution in [0, 0.1) is 0 Å². The highest BCUT2D eigenvalue weighted by molar-refractivity contribution is 5.03. The number of unbranched alkanes of at least 4 members (excludes halogenated alkanes) is 7. The molecule has 0 spiro atoms. The summed E-state index contributed by atoms with van der Waals surface area (Å²) in [6.07, 6.45) is 12.3. The van der Waals surface area contributed by atoms with Gasteiger partial charge in [0.05, 0.1) is 5.60 Å². The second-order valence-electron chi connectivity index (χ2n) is 8.72. The Kier molecular flexibility index (Phi) is 7.35. The fourth-order valence-corrected chi connectivity index (χ4v) is 4.40. The van der Waals surface area contributed by atoms with Crippen molar-refractivity contribution in [1.29, 1.82) is 0 Å². The molecule has 0 aromatic heterocycles. The molecule has 0 saturated carbocycles. The first-order chi connectivity index (χ1) is 10.1. The lowest BCUT2D eigenvalue weighted by Gasteiger charge is -2.53. The SMILES string of the molecule is CCCCCCCCCCC1(O)CC(C)(C)N([O])C(C)(C)C1. The van der Waals surface area contributed by atoms with E-state index in [1.165, 1.54) is 50.0 Å². The van der Waals surface area contributed by atoms with Crippen LogP contribution in [0.25, 0.3) is 0 Å². The molecule has 0 amide bonds. The summed E-state index contributed by atoms with van der Waals surface area (Å²) in [5.41, 5.74) is -1.62. The largest absolute Gasteiger partial charge is 0.390 e. The molecular weight excluding hydrogens is 274 g/mol. The quantitative estimate of drug-likeness (QED) is 0.591. The molecule has 1 N–H and O–H groups in total. The molecule has 1 radical (unpaired) electrons. The smallest absolute Gasteiger partial charge is 0.0684 e. The first-order valence-corrected chi connectivity index (χ1v) is 9.33.